The van der Waals surface area contributed by atoms with E-state index in [1.165, 1.54) is 0 Å². The standard InChI is InChI=1S/C21H26Cl2O2/c1-14(2)12-24-19-9-8-17(11-20(19)25-13-15(3)4)16-6-5-7-18(10-16)21(22)23/h5-11,14-15,21H,12-13H2,1-4H3. The minimum absolute atomic E-state index is 0.443. The minimum atomic E-state index is -0.537. The van der Waals surface area contributed by atoms with Crippen LogP contribution in [0.3, 0.4) is 0 Å². The van der Waals surface area contributed by atoms with Crippen LogP contribution >= 0.6 is 23.2 Å². The molecular formula is C21H26Cl2O2. The lowest BCUT2D eigenvalue weighted by Gasteiger charge is -2.17. The molecule has 2 nitrogen and oxygen atoms in total. The van der Waals surface area contributed by atoms with Crippen LogP contribution in [0, 0.1) is 11.8 Å². The van der Waals surface area contributed by atoms with Crippen molar-refractivity contribution in [2.45, 2.75) is 32.5 Å². The van der Waals surface area contributed by atoms with Crippen molar-refractivity contribution in [2.75, 3.05) is 13.2 Å². The second kappa shape index (κ2) is 9.35. The Bertz CT molecular complexity index is 681. The van der Waals surface area contributed by atoms with E-state index in [2.05, 4.69) is 27.7 Å². The maximum absolute atomic E-state index is 6.00. The first-order valence-electron chi connectivity index (χ1n) is 8.65. The van der Waals surface area contributed by atoms with Crippen LogP contribution in [-0.2, 0) is 0 Å². The number of hydrogen-bond donors (Lipinski definition) is 0. The Morgan fingerprint density at radius 3 is 1.96 bits per heavy atom. The van der Waals surface area contributed by atoms with E-state index in [-0.39, 0.29) is 0 Å². The molecule has 0 aliphatic heterocycles. The Kier molecular flexibility index (Phi) is 7.46. The minimum Gasteiger partial charge on any atom is -0.489 e. The highest BCUT2D eigenvalue weighted by molar-refractivity contribution is 6.44. The molecule has 0 atom stereocenters. The Balaban J connectivity index is 2.32. The van der Waals surface area contributed by atoms with Crippen LogP contribution in [0.2, 0.25) is 0 Å². The summed E-state index contributed by atoms with van der Waals surface area (Å²) in [6.45, 7) is 9.82. The first kappa shape index (κ1) is 19.9. The van der Waals surface area contributed by atoms with Gasteiger partial charge in [-0.15, -0.1) is 23.2 Å². The van der Waals surface area contributed by atoms with Gasteiger partial charge in [-0.2, -0.15) is 0 Å². The van der Waals surface area contributed by atoms with Gasteiger partial charge in [0.2, 0.25) is 0 Å². The van der Waals surface area contributed by atoms with Crippen LogP contribution in [-0.4, -0.2) is 13.2 Å². The van der Waals surface area contributed by atoms with Crippen molar-refractivity contribution in [1.29, 1.82) is 0 Å². The SMILES string of the molecule is CC(C)COc1ccc(-c2cccc(C(Cl)Cl)c2)cc1OCC(C)C. The third-order valence-corrected chi connectivity index (χ3v) is 4.06. The predicted molar refractivity (Wildman–Crippen MR) is 107 cm³/mol. The Hall–Kier alpha value is -1.38. The van der Waals surface area contributed by atoms with Crippen molar-refractivity contribution in [1.82, 2.24) is 0 Å². The van der Waals surface area contributed by atoms with E-state index in [0.717, 1.165) is 28.2 Å². The zero-order valence-corrected chi connectivity index (χ0v) is 16.8. The van der Waals surface area contributed by atoms with Gasteiger partial charge in [-0.25, -0.2) is 0 Å². The van der Waals surface area contributed by atoms with Crippen molar-refractivity contribution in [2.24, 2.45) is 11.8 Å². The molecule has 136 valence electrons. The summed E-state index contributed by atoms with van der Waals surface area (Å²) in [5.74, 6) is 2.45. The molecule has 0 aromatic heterocycles. The molecule has 0 aliphatic carbocycles. The van der Waals surface area contributed by atoms with Gasteiger partial charge >= 0.3 is 0 Å². The highest BCUT2D eigenvalue weighted by atomic mass is 35.5. The van der Waals surface area contributed by atoms with Crippen molar-refractivity contribution in [3.05, 3.63) is 48.0 Å². The molecule has 0 heterocycles. The lowest BCUT2D eigenvalue weighted by atomic mass is 10.0. The van der Waals surface area contributed by atoms with E-state index >= 15 is 0 Å². The van der Waals surface area contributed by atoms with Gasteiger partial charge in [0, 0.05) is 0 Å². The highest BCUT2D eigenvalue weighted by Crippen LogP contribution is 2.35. The number of hydrogen-bond acceptors (Lipinski definition) is 2. The fourth-order valence-electron chi connectivity index (χ4n) is 2.29. The summed E-state index contributed by atoms with van der Waals surface area (Å²) in [6.07, 6.45) is 0. The molecule has 2 rings (SSSR count). The van der Waals surface area contributed by atoms with Gasteiger partial charge in [-0.05, 0) is 46.7 Å². The first-order valence-corrected chi connectivity index (χ1v) is 9.52. The molecule has 0 saturated heterocycles. The van der Waals surface area contributed by atoms with E-state index in [9.17, 15) is 0 Å². The number of ether oxygens (including phenoxy) is 2. The molecule has 0 unspecified atom stereocenters. The molecule has 0 spiro atoms. The summed E-state index contributed by atoms with van der Waals surface area (Å²) in [5, 5.41) is 0. The van der Waals surface area contributed by atoms with Crippen LogP contribution < -0.4 is 9.47 Å². The normalized spacial score (nSPS) is 11.4. The average molecular weight is 381 g/mol. The topological polar surface area (TPSA) is 18.5 Å². The lowest BCUT2D eigenvalue weighted by Crippen LogP contribution is -2.09. The van der Waals surface area contributed by atoms with Gasteiger partial charge in [-0.1, -0.05) is 52.0 Å². The fourth-order valence-corrected chi connectivity index (χ4v) is 2.56. The van der Waals surface area contributed by atoms with Gasteiger partial charge in [0.1, 0.15) is 4.84 Å². The first-order chi connectivity index (χ1) is 11.9. The molecule has 25 heavy (non-hydrogen) atoms. The third kappa shape index (κ3) is 6.13. The van der Waals surface area contributed by atoms with Gasteiger partial charge in [0.15, 0.2) is 11.5 Å². The highest BCUT2D eigenvalue weighted by Gasteiger charge is 2.11. The van der Waals surface area contributed by atoms with Crippen molar-refractivity contribution >= 4 is 23.2 Å². The van der Waals surface area contributed by atoms with Gasteiger partial charge in [-0.3, -0.25) is 0 Å². The maximum Gasteiger partial charge on any atom is 0.161 e. The van der Waals surface area contributed by atoms with Crippen molar-refractivity contribution in [3.8, 4) is 22.6 Å². The fraction of sp³-hybridized carbons (Fsp3) is 0.429. The maximum atomic E-state index is 6.00. The average Bonchev–Trinajstić information content (AvgIpc) is 2.58. The van der Waals surface area contributed by atoms with Gasteiger partial charge in [0.05, 0.1) is 13.2 Å². The summed E-state index contributed by atoms with van der Waals surface area (Å²) >= 11 is 12.0. The van der Waals surface area contributed by atoms with E-state index in [1.807, 2.05) is 42.5 Å². The van der Waals surface area contributed by atoms with Crippen molar-refractivity contribution in [3.63, 3.8) is 0 Å². The molecule has 0 aliphatic rings. The van der Waals surface area contributed by atoms with E-state index < -0.39 is 4.84 Å². The summed E-state index contributed by atoms with van der Waals surface area (Å²) in [4.78, 5) is -0.537. The molecule has 0 saturated carbocycles. The molecule has 4 heteroatoms. The zero-order valence-electron chi connectivity index (χ0n) is 15.3. The monoisotopic (exact) mass is 380 g/mol. The zero-order chi connectivity index (χ0) is 18.4. The predicted octanol–water partition coefficient (Wildman–Crippen LogP) is 6.90. The molecule has 2 aromatic rings. The van der Waals surface area contributed by atoms with Crippen LogP contribution in [0.4, 0.5) is 0 Å². The quantitative estimate of drug-likeness (QED) is 0.463. The van der Waals surface area contributed by atoms with Crippen LogP contribution in [0.1, 0.15) is 38.1 Å². The Labute approximate surface area is 161 Å². The number of alkyl halides is 2. The molecule has 0 bridgehead atoms. The van der Waals surface area contributed by atoms with E-state index in [1.54, 1.807) is 0 Å². The molecule has 0 N–H and O–H groups in total. The van der Waals surface area contributed by atoms with E-state index in [4.69, 9.17) is 32.7 Å². The number of benzene rings is 2. The summed E-state index contributed by atoms with van der Waals surface area (Å²) in [5.41, 5.74) is 2.98. The summed E-state index contributed by atoms with van der Waals surface area (Å²) in [7, 11) is 0. The summed E-state index contributed by atoms with van der Waals surface area (Å²) in [6, 6.07) is 13.9. The molecular weight excluding hydrogens is 355 g/mol. The van der Waals surface area contributed by atoms with Crippen LogP contribution in [0.5, 0.6) is 11.5 Å². The van der Waals surface area contributed by atoms with E-state index in [0.29, 0.717) is 25.0 Å². The lowest BCUT2D eigenvalue weighted by molar-refractivity contribution is 0.229. The molecule has 2 aromatic carbocycles. The number of rotatable bonds is 8. The molecule has 0 amide bonds. The smallest absolute Gasteiger partial charge is 0.161 e. The summed E-state index contributed by atoms with van der Waals surface area (Å²) < 4.78 is 11.9. The third-order valence-electron chi connectivity index (χ3n) is 3.56. The van der Waals surface area contributed by atoms with Crippen LogP contribution in [0.25, 0.3) is 11.1 Å². The van der Waals surface area contributed by atoms with Crippen molar-refractivity contribution < 1.29 is 9.47 Å². The Morgan fingerprint density at radius 1 is 0.760 bits per heavy atom. The van der Waals surface area contributed by atoms with Gasteiger partial charge < -0.3 is 9.47 Å². The molecule has 0 radical (unpaired) electrons. The Morgan fingerprint density at radius 2 is 1.36 bits per heavy atom. The number of halogens is 2. The molecule has 0 fully saturated rings. The second-order valence-electron chi connectivity index (χ2n) is 7.00. The van der Waals surface area contributed by atoms with Crippen LogP contribution in [0.15, 0.2) is 42.5 Å². The second-order valence-corrected chi connectivity index (χ2v) is 8.09. The van der Waals surface area contributed by atoms with Gasteiger partial charge in [0.25, 0.3) is 0 Å². The largest absolute Gasteiger partial charge is 0.489 e.